The second-order valence-corrected chi connectivity index (χ2v) is 4.20. The van der Waals surface area contributed by atoms with Gasteiger partial charge in [-0.1, -0.05) is 30.3 Å². The van der Waals surface area contributed by atoms with Gasteiger partial charge in [-0.15, -0.1) is 0 Å². The second-order valence-electron chi connectivity index (χ2n) is 3.99. The highest BCUT2D eigenvalue weighted by Gasteiger charge is 2.26. The van der Waals surface area contributed by atoms with Crippen molar-refractivity contribution in [2.45, 2.75) is 18.9 Å². The van der Waals surface area contributed by atoms with Gasteiger partial charge in [-0.2, -0.15) is 0 Å². The van der Waals surface area contributed by atoms with Crippen LogP contribution in [0.2, 0.25) is 0 Å². The van der Waals surface area contributed by atoms with Crippen LogP contribution in [0.4, 0.5) is 0 Å². The van der Waals surface area contributed by atoms with E-state index in [1.807, 2.05) is 35.2 Å². The molecule has 1 heterocycles. The standard InChI is InChI=1S/C12H15ClN2O/c13-14-11(10-6-2-1-3-7-10)12(16)15-8-4-5-9-15/h1-3,6-7,11,14H,4-5,8-9H2. The summed E-state index contributed by atoms with van der Waals surface area (Å²) in [6, 6.07) is 9.14. The quantitative estimate of drug-likeness (QED) is 0.818. The molecular weight excluding hydrogens is 224 g/mol. The van der Waals surface area contributed by atoms with Gasteiger partial charge in [0, 0.05) is 13.1 Å². The summed E-state index contributed by atoms with van der Waals surface area (Å²) in [5.41, 5.74) is 0.911. The summed E-state index contributed by atoms with van der Waals surface area (Å²) < 4.78 is 0. The highest BCUT2D eigenvalue weighted by atomic mass is 35.5. The fourth-order valence-electron chi connectivity index (χ4n) is 2.02. The Morgan fingerprint density at radius 2 is 1.88 bits per heavy atom. The molecular formula is C12H15ClN2O. The van der Waals surface area contributed by atoms with E-state index in [-0.39, 0.29) is 5.91 Å². The third-order valence-electron chi connectivity index (χ3n) is 2.91. The summed E-state index contributed by atoms with van der Waals surface area (Å²) in [4.78, 5) is 16.6. The van der Waals surface area contributed by atoms with Crippen molar-refractivity contribution in [3.63, 3.8) is 0 Å². The average Bonchev–Trinajstić information content (AvgIpc) is 2.85. The molecule has 0 bridgehead atoms. The van der Waals surface area contributed by atoms with Crippen molar-refractivity contribution in [1.29, 1.82) is 0 Å². The topological polar surface area (TPSA) is 32.3 Å². The van der Waals surface area contributed by atoms with Crippen LogP contribution in [0.5, 0.6) is 0 Å². The van der Waals surface area contributed by atoms with E-state index in [1.54, 1.807) is 0 Å². The van der Waals surface area contributed by atoms with E-state index in [9.17, 15) is 4.79 Å². The lowest BCUT2D eigenvalue weighted by Gasteiger charge is -2.22. The average molecular weight is 239 g/mol. The third-order valence-corrected chi connectivity index (χ3v) is 3.12. The van der Waals surface area contributed by atoms with Crippen LogP contribution >= 0.6 is 11.8 Å². The number of rotatable bonds is 3. The second kappa shape index (κ2) is 5.32. The van der Waals surface area contributed by atoms with Crippen LogP contribution < -0.4 is 4.84 Å². The predicted octanol–water partition coefficient (Wildman–Crippen LogP) is 2.09. The van der Waals surface area contributed by atoms with E-state index in [2.05, 4.69) is 4.84 Å². The van der Waals surface area contributed by atoms with Gasteiger partial charge >= 0.3 is 0 Å². The Labute approximate surface area is 101 Å². The lowest BCUT2D eigenvalue weighted by atomic mass is 10.1. The van der Waals surface area contributed by atoms with E-state index < -0.39 is 6.04 Å². The molecule has 1 aromatic rings. The van der Waals surface area contributed by atoms with Gasteiger partial charge in [0.1, 0.15) is 6.04 Å². The van der Waals surface area contributed by atoms with Crippen molar-refractivity contribution in [2.24, 2.45) is 0 Å². The van der Waals surface area contributed by atoms with Crippen LogP contribution in [-0.4, -0.2) is 23.9 Å². The molecule has 1 fully saturated rings. The zero-order valence-electron chi connectivity index (χ0n) is 9.03. The molecule has 0 saturated carbocycles. The maximum Gasteiger partial charge on any atom is 0.245 e. The van der Waals surface area contributed by atoms with Gasteiger partial charge in [-0.3, -0.25) is 4.79 Å². The molecule has 3 nitrogen and oxygen atoms in total. The summed E-state index contributed by atoms with van der Waals surface area (Å²) in [6.07, 6.45) is 2.19. The number of hydrogen-bond donors (Lipinski definition) is 1. The Balaban J connectivity index is 2.13. The lowest BCUT2D eigenvalue weighted by molar-refractivity contribution is -0.132. The minimum Gasteiger partial charge on any atom is -0.341 e. The minimum atomic E-state index is -0.430. The normalized spacial score (nSPS) is 17.4. The largest absolute Gasteiger partial charge is 0.341 e. The molecule has 0 aliphatic carbocycles. The molecule has 1 aliphatic heterocycles. The monoisotopic (exact) mass is 238 g/mol. The molecule has 1 saturated heterocycles. The van der Waals surface area contributed by atoms with Crippen LogP contribution in [0.3, 0.4) is 0 Å². The maximum absolute atomic E-state index is 12.2. The van der Waals surface area contributed by atoms with Crippen LogP contribution in [0.1, 0.15) is 24.4 Å². The first-order valence-corrected chi connectivity index (χ1v) is 5.90. The number of amides is 1. The first-order chi connectivity index (χ1) is 7.83. The summed E-state index contributed by atoms with van der Waals surface area (Å²) >= 11 is 5.68. The number of carbonyl (C=O) groups excluding carboxylic acids is 1. The number of benzene rings is 1. The molecule has 1 unspecified atom stereocenters. The van der Waals surface area contributed by atoms with Gasteiger partial charge in [0.15, 0.2) is 0 Å². The molecule has 0 aromatic heterocycles. The summed E-state index contributed by atoms with van der Waals surface area (Å²) in [7, 11) is 0. The molecule has 1 atom stereocenters. The Kier molecular flexibility index (Phi) is 3.80. The van der Waals surface area contributed by atoms with Crippen LogP contribution in [0.25, 0.3) is 0 Å². The summed E-state index contributed by atoms with van der Waals surface area (Å²) in [5.74, 6) is 0.0682. The first-order valence-electron chi connectivity index (χ1n) is 5.53. The highest BCUT2D eigenvalue weighted by Crippen LogP contribution is 2.19. The van der Waals surface area contributed by atoms with Crippen molar-refractivity contribution in [3.8, 4) is 0 Å². The number of halogens is 1. The Hall–Kier alpha value is -1.06. The Morgan fingerprint density at radius 3 is 2.44 bits per heavy atom. The molecule has 0 spiro atoms. The Morgan fingerprint density at radius 1 is 1.25 bits per heavy atom. The van der Waals surface area contributed by atoms with Gasteiger partial charge < -0.3 is 4.90 Å². The summed E-state index contributed by atoms with van der Waals surface area (Å²) in [5, 5.41) is 0. The zero-order valence-corrected chi connectivity index (χ0v) is 9.78. The van der Waals surface area contributed by atoms with Crippen LogP contribution in [0.15, 0.2) is 30.3 Å². The third kappa shape index (κ3) is 2.36. The number of hydrogen-bond acceptors (Lipinski definition) is 2. The lowest BCUT2D eigenvalue weighted by Crippen LogP contribution is -2.36. The molecule has 1 aliphatic rings. The summed E-state index contributed by atoms with van der Waals surface area (Å²) in [6.45, 7) is 1.70. The van der Waals surface area contributed by atoms with Gasteiger partial charge in [0.05, 0.1) is 0 Å². The van der Waals surface area contributed by atoms with Crippen molar-refractivity contribution >= 4 is 17.7 Å². The number of nitrogens with zero attached hydrogens (tertiary/aromatic N) is 1. The fraction of sp³-hybridized carbons (Fsp3) is 0.417. The van der Waals surface area contributed by atoms with E-state index >= 15 is 0 Å². The highest BCUT2D eigenvalue weighted by molar-refractivity contribution is 6.15. The van der Waals surface area contributed by atoms with E-state index in [0.29, 0.717) is 0 Å². The van der Waals surface area contributed by atoms with Gasteiger partial charge in [-0.05, 0) is 30.2 Å². The number of carbonyl (C=O) groups is 1. The SMILES string of the molecule is O=C(C(NCl)c1ccccc1)N1CCCC1. The molecule has 0 radical (unpaired) electrons. The maximum atomic E-state index is 12.2. The van der Waals surface area contributed by atoms with Crippen molar-refractivity contribution in [1.82, 2.24) is 9.74 Å². The van der Waals surface area contributed by atoms with Crippen LogP contribution in [-0.2, 0) is 4.79 Å². The predicted molar refractivity (Wildman–Crippen MR) is 64.0 cm³/mol. The zero-order chi connectivity index (χ0) is 11.4. The van der Waals surface area contributed by atoms with Crippen molar-refractivity contribution in [3.05, 3.63) is 35.9 Å². The van der Waals surface area contributed by atoms with Gasteiger partial charge in [0.2, 0.25) is 5.91 Å². The Bertz CT molecular complexity index is 349. The molecule has 1 aromatic carbocycles. The molecule has 1 N–H and O–H groups in total. The van der Waals surface area contributed by atoms with E-state index in [0.717, 1.165) is 31.5 Å². The first kappa shape index (κ1) is 11.4. The van der Waals surface area contributed by atoms with Crippen molar-refractivity contribution in [2.75, 3.05) is 13.1 Å². The van der Waals surface area contributed by atoms with Crippen LogP contribution in [0, 0.1) is 0 Å². The molecule has 16 heavy (non-hydrogen) atoms. The molecule has 1 amide bonds. The molecule has 86 valence electrons. The fourth-order valence-corrected chi connectivity index (χ4v) is 2.24. The molecule has 2 rings (SSSR count). The van der Waals surface area contributed by atoms with Crippen molar-refractivity contribution < 1.29 is 4.79 Å². The number of likely N-dealkylation sites (tertiary alicyclic amines) is 1. The smallest absolute Gasteiger partial charge is 0.245 e. The minimum absolute atomic E-state index is 0.0682. The van der Waals surface area contributed by atoms with Gasteiger partial charge in [0.25, 0.3) is 0 Å². The van der Waals surface area contributed by atoms with E-state index in [1.165, 1.54) is 0 Å². The van der Waals surface area contributed by atoms with Gasteiger partial charge in [-0.25, -0.2) is 4.84 Å². The number of nitrogens with one attached hydrogen (secondary N) is 1. The van der Waals surface area contributed by atoms with E-state index in [4.69, 9.17) is 11.8 Å². The molecule has 4 heteroatoms.